The van der Waals surface area contributed by atoms with Gasteiger partial charge in [0.15, 0.2) is 0 Å². The highest BCUT2D eigenvalue weighted by Gasteiger charge is 2.17. The third kappa shape index (κ3) is 4.57. The fourth-order valence-corrected chi connectivity index (χ4v) is 2.26. The van der Waals surface area contributed by atoms with Crippen LogP contribution in [0.15, 0.2) is 30.6 Å². The molecule has 132 valence electrons. The number of nitrogens with one attached hydrogen (secondary N) is 1. The summed E-state index contributed by atoms with van der Waals surface area (Å²) in [5, 5.41) is 2.48. The number of methoxy groups -OCH3 is 1. The van der Waals surface area contributed by atoms with Crippen molar-refractivity contribution in [2.75, 3.05) is 13.7 Å². The molecule has 0 aliphatic rings. The number of halogens is 1. The van der Waals surface area contributed by atoms with Crippen molar-refractivity contribution in [1.29, 1.82) is 0 Å². The van der Waals surface area contributed by atoms with Crippen LogP contribution in [0.5, 0.6) is 0 Å². The number of hydrogen-bond acceptors (Lipinski definition) is 6. The Morgan fingerprint density at radius 2 is 2.00 bits per heavy atom. The molecule has 0 spiro atoms. The van der Waals surface area contributed by atoms with Crippen LogP contribution in [0.1, 0.15) is 23.0 Å². The summed E-state index contributed by atoms with van der Waals surface area (Å²) >= 11 is 0. The molecule has 0 fully saturated rings. The van der Waals surface area contributed by atoms with Gasteiger partial charge >= 0.3 is 5.97 Å². The van der Waals surface area contributed by atoms with Crippen LogP contribution in [0, 0.1) is 5.82 Å². The zero-order valence-electron chi connectivity index (χ0n) is 14.0. The van der Waals surface area contributed by atoms with Crippen LogP contribution in [-0.2, 0) is 16.0 Å². The van der Waals surface area contributed by atoms with Gasteiger partial charge in [-0.2, -0.15) is 0 Å². The van der Waals surface area contributed by atoms with Gasteiger partial charge in [-0.25, -0.2) is 4.39 Å². The number of ether oxygens (including phenoxy) is 1. The van der Waals surface area contributed by atoms with Crippen molar-refractivity contribution >= 4 is 11.9 Å². The molecule has 0 bridgehead atoms. The number of carbonyl (C=O) groups is 2. The maximum absolute atomic E-state index is 14.0. The molecule has 25 heavy (non-hydrogen) atoms. The monoisotopic (exact) mass is 346 g/mol. The fourth-order valence-electron chi connectivity index (χ4n) is 2.26. The Balaban J connectivity index is 2.24. The summed E-state index contributed by atoms with van der Waals surface area (Å²) in [6, 6.07) is 2.92. The van der Waals surface area contributed by atoms with Gasteiger partial charge in [0.1, 0.15) is 11.9 Å². The van der Waals surface area contributed by atoms with Crippen molar-refractivity contribution in [1.82, 2.24) is 15.3 Å². The Morgan fingerprint density at radius 1 is 1.28 bits per heavy atom. The highest BCUT2D eigenvalue weighted by molar-refractivity contribution is 5.95. The average Bonchev–Trinajstić information content (AvgIpc) is 2.64. The molecule has 2 rings (SSSR count). The van der Waals surface area contributed by atoms with E-state index in [4.69, 9.17) is 5.73 Å². The minimum absolute atomic E-state index is 0.0970. The highest BCUT2D eigenvalue weighted by atomic mass is 19.1. The van der Waals surface area contributed by atoms with Crippen LogP contribution >= 0.6 is 0 Å². The second kappa shape index (κ2) is 8.29. The van der Waals surface area contributed by atoms with Crippen LogP contribution in [0.25, 0.3) is 11.3 Å². The second-order valence-corrected chi connectivity index (χ2v) is 5.27. The number of rotatable bonds is 6. The van der Waals surface area contributed by atoms with Crippen LogP contribution in [0.3, 0.4) is 0 Å². The van der Waals surface area contributed by atoms with Crippen molar-refractivity contribution in [2.24, 2.45) is 5.73 Å². The van der Waals surface area contributed by atoms with E-state index in [1.165, 1.54) is 25.4 Å². The fraction of sp³-hybridized carbons (Fsp3) is 0.294. The zero-order chi connectivity index (χ0) is 18.4. The first-order valence-corrected chi connectivity index (χ1v) is 7.68. The number of nitrogens with two attached hydrogens (primary N) is 1. The normalized spacial score (nSPS) is 11.7. The molecule has 0 aliphatic carbocycles. The highest BCUT2D eigenvalue weighted by Crippen LogP contribution is 2.22. The maximum Gasteiger partial charge on any atom is 0.324 e. The predicted molar refractivity (Wildman–Crippen MR) is 89.1 cm³/mol. The van der Waals surface area contributed by atoms with Crippen LogP contribution in [0.2, 0.25) is 0 Å². The maximum atomic E-state index is 14.0. The molecule has 3 N–H and O–H groups in total. The largest absolute Gasteiger partial charge is 0.468 e. The number of aryl methyl sites for hydroxylation is 1. The van der Waals surface area contributed by atoms with Crippen molar-refractivity contribution in [3.8, 4) is 11.3 Å². The molecule has 1 amide bonds. The summed E-state index contributed by atoms with van der Waals surface area (Å²) in [7, 11) is 1.20. The van der Waals surface area contributed by atoms with E-state index in [0.717, 1.165) is 6.07 Å². The molecule has 0 aliphatic heterocycles. The number of nitrogens with zero attached hydrogens (tertiary/aromatic N) is 2. The summed E-state index contributed by atoms with van der Waals surface area (Å²) < 4.78 is 18.4. The summed E-state index contributed by atoms with van der Waals surface area (Å²) in [4.78, 5) is 31.9. The molecular weight excluding hydrogens is 327 g/mol. The van der Waals surface area contributed by atoms with E-state index in [-0.39, 0.29) is 12.1 Å². The smallest absolute Gasteiger partial charge is 0.324 e. The first kappa shape index (κ1) is 18.5. The molecule has 2 aromatic rings. The van der Waals surface area contributed by atoms with Crippen molar-refractivity contribution in [2.45, 2.75) is 19.4 Å². The van der Waals surface area contributed by atoms with Gasteiger partial charge in [0.05, 0.1) is 18.5 Å². The molecule has 0 saturated carbocycles. The van der Waals surface area contributed by atoms with E-state index in [2.05, 4.69) is 20.0 Å². The lowest BCUT2D eigenvalue weighted by atomic mass is 10.0. The van der Waals surface area contributed by atoms with Crippen molar-refractivity contribution in [3.63, 3.8) is 0 Å². The van der Waals surface area contributed by atoms with E-state index in [9.17, 15) is 14.0 Å². The van der Waals surface area contributed by atoms with Gasteiger partial charge in [-0.05, 0) is 24.6 Å². The van der Waals surface area contributed by atoms with Gasteiger partial charge in [-0.3, -0.25) is 19.6 Å². The predicted octanol–water partition coefficient (Wildman–Crippen LogP) is 1.08. The van der Waals surface area contributed by atoms with Gasteiger partial charge in [-0.1, -0.05) is 6.92 Å². The molecule has 0 unspecified atom stereocenters. The van der Waals surface area contributed by atoms with Crippen molar-refractivity contribution in [3.05, 3.63) is 47.7 Å². The second-order valence-electron chi connectivity index (χ2n) is 5.27. The summed E-state index contributed by atoms with van der Waals surface area (Å²) in [5.74, 6) is -1.78. The first-order chi connectivity index (χ1) is 12.0. The average molecular weight is 346 g/mol. The summed E-state index contributed by atoms with van der Waals surface area (Å²) in [6.07, 6.45) is 3.69. The number of hydrogen-bond donors (Lipinski definition) is 2. The zero-order valence-corrected chi connectivity index (χ0v) is 14.0. The molecule has 8 heteroatoms. The lowest BCUT2D eigenvalue weighted by Gasteiger charge is -2.12. The molecule has 1 aromatic carbocycles. The third-order valence-corrected chi connectivity index (χ3v) is 3.53. The number of benzene rings is 1. The minimum Gasteiger partial charge on any atom is -0.468 e. The molecule has 1 atom stereocenters. The minimum atomic E-state index is -0.992. The van der Waals surface area contributed by atoms with Crippen LogP contribution in [-0.4, -0.2) is 41.5 Å². The Hall–Kier alpha value is -2.87. The lowest BCUT2D eigenvalue weighted by molar-refractivity contribution is -0.141. The van der Waals surface area contributed by atoms with Crippen LogP contribution < -0.4 is 11.1 Å². The quantitative estimate of drug-likeness (QED) is 0.758. The molecular formula is C17H19FN4O3. The number of esters is 1. The van der Waals surface area contributed by atoms with E-state index >= 15 is 0 Å². The van der Waals surface area contributed by atoms with Gasteiger partial charge in [0.25, 0.3) is 5.91 Å². The lowest BCUT2D eigenvalue weighted by Crippen LogP contribution is -2.43. The molecule has 1 heterocycles. The molecule has 0 radical (unpaired) electrons. The Kier molecular flexibility index (Phi) is 6.13. The Labute approximate surface area is 144 Å². The first-order valence-electron chi connectivity index (χ1n) is 7.68. The van der Waals surface area contributed by atoms with Gasteiger partial charge < -0.3 is 15.8 Å². The van der Waals surface area contributed by atoms with E-state index in [1.807, 2.05) is 6.92 Å². The van der Waals surface area contributed by atoms with Gasteiger partial charge in [0, 0.05) is 30.1 Å². The molecule has 0 saturated heterocycles. The standard InChI is InChI=1S/C17H19FN4O3/c1-3-14-15(21-5-4-20-14)10-6-11(8-12(18)7-10)16(23)22-9-13(19)17(24)25-2/h4-8,13H,3,9,19H2,1-2H3,(H,22,23)/t13-/m1/s1. The summed E-state index contributed by atoms with van der Waals surface area (Å²) in [5.41, 5.74) is 7.33. The van der Waals surface area contributed by atoms with Crippen molar-refractivity contribution < 1.29 is 18.7 Å². The SMILES string of the molecule is CCc1nccnc1-c1cc(F)cc(C(=O)NC[C@@H](N)C(=O)OC)c1. The Morgan fingerprint density at radius 3 is 2.68 bits per heavy atom. The van der Waals surface area contributed by atoms with Crippen LogP contribution in [0.4, 0.5) is 4.39 Å². The molecule has 1 aromatic heterocycles. The van der Waals surface area contributed by atoms with Gasteiger partial charge in [-0.15, -0.1) is 0 Å². The van der Waals surface area contributed by atoms with E-state index in [1.54, 1.807) is 6.20 Å². The number of aromatic nitrogens is 2. The number of carbonyl (C=O) groups excluding carboxylic acids is 2. The van der Waals surface area contributed by atoms with E-state index in [0.29, 0.717) is 23.4 Å². The molecule has 7 nitrogen and oxygen atoms in total. The number of amides is 1. The summed E-state index contributed by atoms with van der Waals surface area (Å²) in [6.45, 7) is 1.79. The van der Waals surface area contributed by atoms with Gasteiger partial charge in [0.2, 0.25) is 0 Å². The van der Waals surface area contributed by atoms with E-state index < -0.39 is 23.7 Å². The third-order valence-electron chi connectivity index (χ3n) is 3.53. The Bertz CT molecular complexity index is 782. The topological polar surface area (TPSA) is 107 Å².